The van der Waals surface area contributed by atoms with Crippen molar-refractivity contribution in [2.75, 3.05) is 18.5 Å². The fraction of sp³-hybridized carbons (Fsp3) is 0.500. The van der Waals surface area contributed by atoms with Gasteiger partial charge in [-0.2, -0.15) is 0 Å². The predicted octanol–water partition coefficient (Wildman–Crippen LogP) is 3.20. The Morgan fingerprint density at radius 2 is 2.05 bits per heavy atom. The maximum atomic E-state index is 5.58. The van der Waals surface area contributed by atoms with Gasteiger partial charge in [-0.05, 0) is 39.5 Å². The highest BCUT2D eigenvalue weighted by Crippen LogP contribution is 2.28. The van der Waals surface area contributed by atoms with Crippen LogP contribution in [0.2, 0.25) is 0 Å². The molecule has 0 amide bonds. The van der Waals surface area contributed by atoms with Gasteiger partial charge in [-0.25, -0.2) is 15.0 Å². The highest BCUT2D eigenvalue weighted by Gasteiger charge is 2.11. The molecule has 7 heteroatoms. The molecule has 0 radical (unpaired) electrons. The standard InChI is InChI=1S/C14H20N4O2S/c1-5-15-11-7-13(18-12(17-11)8-19-6-2)21-14-16-9(3)10(4)20-14/h7H,5-6,8H2,1-4H3,(H,15,17,18). The Hall–Kier alpha value is -1.60. The summed E-state index contributed by atoms with van der Waals surface area (Å²) in [5.74, 6) is 2.26. The van der Waals surface area contributed by atoms with E-state index >= 15 is 0 Å². The van der Waals surface area contributed by atoms with Gasteiger partial charge in [0.15, 0.2) is 5.82 Å². The molecule has 0 aromatic carbocycles. The second kappa shape index (κ2) is 7.42. The third-order valence-electron chi connectivity index (χ3n) is 2.74. The first-order valence-corrected chi connectivity index (χ1v) is 7.75. The first kappa shape index (κ1) is 15.8. The molecule has 0 atom stereocenters. The third kappa shape index (κ3) is 4.44. The predicted molar refractivity (Wildman–Crippen MR) is 81.6 cm³/mol. The number of aryl methyl sites for hydroxylation is 2. The Bertz CT molecular complexity index is 581. The summed E-state index contributed by atoms with van der Waals surface area (Å²) >= 11 is 1.39. The van der Waals surface area contributed by atoms with E-state index in [4.69, 9.17) is 9.15 Å². The number of rotatable bonds is 7. The molecule has 2 heterocycles. The smallest absolute Gasteiger partial charge is 0.262 e. The van der Waals surface area contributed by atoms with Crippen molar-refractivity contribution in [2.45, 2.75) is 44.6 Å². The zero-order chi connectivity index (χ0) is 15.2. The Labute approximate surface area is 128 Å². The summed E-state index contributed by atoms with van der Waals surface area (Å²) in [6.07, 6.45) is 0. The van der Waals surface area contributed by atoms with Gasteiger partial charge in [0.05, 0.1) is 5.69 Å². The summed E-state index contributed by atoms with van der Waals surface area (Å²) < 4.78 is 11.0. The third-order valence-corrected chi connectivity index (χ3v) is 3.51. The summed E-state index contributed by atoms with van der Waals surface area (Å²) in [7, 11) is 0. The SMILES string of the molecule is CCNc1cc(Sc2nc(C)c(C)o2)nc(COCC)n1. The molecule has 0 bridgehead atoms. The van der Waals surface area contributed by atoms with Gasteiger partial charge in [-0.3, -0.25) is 0 Å². The molecule has 0 unspecified atom stereocenters. The molecule has 21 heavy (non-hydrogen) atoms. The van der Waals surface area contributed by atoms with Gasteiger partial charge < -0.3 is 14.5 Å². The van der Waals surface area contributed by atoms with Crippen LogP contribution in [-0.2, 0) is 11.3 Å². The maximum Gasteiger partial charge on any atom is 0.262 e. The van der Waals surface area contributed by atoms with Crippen LogP contribution in [0.15, 0.2) is 20.7 Å². The molecule has 0 fully saturated rings. The number of aromatic nitrogens is 3. The minimum Gasteiger partial charge on any atom is -0.436 e. The first-order chi connectivity index (χ1) is 10.1. The molecular weight excluding hydrogens is 288 g/mol. The van der Waals surface area contributed by atoms with Crippen molar-refractivity contribution >= 4 is 17.6 Å². The maximum absolute atomic E-state index is 5.58. The van der Waals surface area contributed by atoms with E-state index in [1.807, 2.05) is 33.8 Å². The highest BCUT2D eigenvalue weighted by molar-refractivity contribution is 7.99. The Balaban J connectivity index is 2.21. The topological polar surface area (TPSA) is 73.1 Å². The van der Waals surface area contributed by atoms with Crippen molar-refractivity contribution < 1.29 is 9.15 Å². The number of hydrogen-bond donors (Lipinski definition) is 1. The van der Waals surface area contributed by atoms with Crippen LogP contribution in [0.25, 0.3) is 0 Å². The molecule has 1 N–H and O–H groups in total. The van der Waals surface area contributed by atoms with E-state index in [1.54, 1.807) is 0 Å². The second-order valence-electron chi connectivity index (χ2n) is 4.40. The molecule has 0 aliphatic rings. The lowest BCUT2D eigenvalue weighted by atomic mass is 10.4. The summed E-state index contributed by atoms with van der Waals surface area (Å²) in [6, 6.07) is 1.89. The fourth-order valence-corrected chi connectivity index (χ4v) is 2.48. The van der Waals surface area contributed by atoms with Gasteiger partial charge in [-0.15, -0.1) is 0 Å². The highest BCUT2D eigenvalue weighted by atomic mass is 32.2. The van der Waals surface area contributed by atoms with E-state index in [-0.39, 0.29) is 0 Å². The lowest BCUT2D eigenvalue weighted by molar-refractivity contribution is 0.128. The van der Waals surface area contributed by atoms with Crippen molar-refractivity contribution in [3.63, 3.8) is 0 Å². The van der Waals surface area contributed by atoms with Crippen LogP contribution in [0, 0.1) is 13.8 Å². The summed E-state index contributed by atoms with van der Waals surface area (Å²) in [5.41, 5.74) is 0.896. The van der Waals surface area contributed by atoms with Crippen LogP contribution in [-0.4, -0.2) is 28.1 Å². The number of nitrogens with zero attached hydrogens (tertiary/aromatic N) is 3. The molecule has 0 aliphatic carbocycles. The molecule has 0 spiro atoms. The van der Waals surface area contributed by atoms with E-state index in [1.165, 1.54) is 11.8 Å². The number of anilines is 1. The van der Waals surface area contributed by atoms with Crippen LogP contribution in [0.4, 0.5) is 5.82 Å². The molecule has 114 valence electrons. The number of hydrogen-bond acceptors (Lipinski definition) is 7. The van der Waals surface area contributed by atoms with Gasteiger partial charge in [-0.1, -0.05) is 0 Å². The van der Waals surface area contributed by atoms with Crippen LogP contribution < -0.4 is 5.32 Å². The average Bonchev–Trinajstić information content (AvgIpc) is 2.75. The van der Waals surface area contributed by atoms with Crippen molar-refractivity contribution in [3.05, 3.63) is 23.3 Å². The molecule has 2 aromatic heterocycles. The molecule has 0 aliphatic heterocycles. The van der Waals surface area contributed by atoms with E-state index < -0.39 is 0 Å². The van der Waals surface area contributed by atoms with Gasteiger partial charge >= 0.3 is 0 Å². The summed E-state index contributed by atoms with van der Waals surface area (Å²) in [6.45, 7) is 9.62. The van der Waals surface area contributed by atoms with Crippen molar-refractivity contribution in [2.24, 2.45) is 0 Å². The Morgan fingerprint density at radius 3 is 2.67 bits per heavy atom. The lowest BCUT2D eigenvalue weighted by Crippen LogP contribution is -2.05. The first-order valence-electron chi connectivity index (χ1n) is 6.93. The summed E-state index contributed by atoms with van der Waals surface area (Å²) in [4.78, 5) is 13.2. The second-order valence-corrected chi connectivity index (χ2v) is 5.37. The Morgan fingerprint density at radius 1 is 1.24 bits per heavy atom. The van der Waals surface area contributed by atoms with E-state index in [0.29, 0.717) is 24.3 Å². The molecule has 6 nitrogen and oxygen atoms in total. The van der Waals surface area contributed by atoms with Gasteiger partial charge in [0, 0.05) is 19.2 Å². The van der Waals surface area contributed by atoms with Crippen molar-refractivity contribution in [3.8, 4) is 0 Å². The quantitative estimate of drug-likeness (QED) is 0.787. The van der Waals surface area contributed by atoms with Crippen LogP contribution in [0.3, 0.4) is 0 Å². The van der Waals surface area contributed by atoms with Crippen LogP contribution in [0.5, 0.6) is 0 Å². The van der Waals surface area contributed by atoms with E-state index in [2.05, 4.69) is 20.3 Å². The van der Waals surface area contributed by atoms with Gasteiger partial charge in [0.1, 0.15) is 23.2 Å². The number of oxazole rings is 1. The Kier molecular flexibility index (Phi) is 5.58. The largest absolute Gasteiger partial charge is 0.436 e. The monoisotopic (exact) mass is 308 g/mol. The zero-order valence-corrected chi connectivity index (χ0v) is 13.6. The molecular formula is C14H20N4O2S. The lowest BCUT2D eigenvalue weighted by Gasteiger charge is -2.07. The van der Waals surface area contributed by atoms with E-state index in [0.717, 1.165) is 28.8 Å². The fourth-order valence-electron chi connectivity index (χ4n) is 1.63. The summed E-state index contributed by atoms with van der Waals surface area (Å²) in [5, 5.41) is 4.58. The van der Waals surface area contributed by atoms with Gasteiger partial charge in [0.25, 0.3) is 5.22 Å². The van der Waals surface area contributed by atoms with E-state index in [9.17, 15) is 0 Å². The van der Waals surface area contributed by atoms with Crippen molar-refractivity contribution in [1.29, 1.82) is 0 Å². The molecule has 2 aromatic rings. The molecule has 2 rings (SSSR count). The van der Waals surface area contributed by atoms with Crippen LogP contribution >= 0.6 is 11.8 Å². The minimum absolute atomic E-state index is 0.396. The normalized spacial score (nSPS) is 10.9. The molecule has 0 saturated carbocycles. The van der Waals surface area contributed by atoms with Gasteiger partial charge in [0.2, 0.25) is 0 Å². The zero-order valence-electron chi connectivity index (χ0n) is 12.8. The average molecular weight is 308 g/mol. The number of ether oxygens (including phenoxy) is 1. The number of nitrogens with one attached hydrogen (secondary N) is 1. The molecule has 0 saturated heterocycles. The minimum atomic E-state index is 0.396. The van der Waals surface area contributed by atoms with Crippen LogP contribution in [0.1, 0.15) is 31.1 Å². The van der Waals surface area contributed by atoms with Crippen molar-refractivity contribution in [1.82, 2.24) is 15.0 Å².